The van der Waals surface area contributed by atoms with Gasteiger partial charge in [0.05, 0.1) is 0 Å². The van der Waals surface area contributed by atoms with Gasteiger partial charge in [-0.3, -0.25) is 0 Å². The quantitative estimate of drug-likeness (QED) is 0.439. The summed E-state index contributed by atoms with van der Waals surface area (Å²) in [7, 11) is 0. The van der Waals surface area contributed by atoms with Gasteiger partial charge in [-0.15, -0.1) is 0 Å². The normalized spacial score (nSPS) is 33.8. The van der Waals surface area contributed by atoms with E-state index in [-0.39, 0.29) is 0 Å². The van der Waals surface area contributed by atoms with Crippen molar-refractivity contribution in [1.29, 1.82) is 0 Å². The zero-order valence-corrected chi connectivity index (χ0v) is 10.2. The van der Waals surface area contributed by atoms with Crippen molar-refractivity contribution in [3.8, 4) is 0 Å². The van der Waals surface area contributed by atoms with Crippen molar-refractivity contribution in [2.45, 2.75) is 65.7 Å². The standard InChI is InChI=1S/C14H26/c1-4-5-6-8-11-14(3)12-9-7-10-13(14)2/h4-5,13H,6-12H2,1-3H3/b5-4+. The van der Waals surface area contributed by atoms with Crippen molar-refractivity contribution >= 4 is 0 Å². The Morgan fingerprint density at radius 3 is 2.79 bits per heavy atom. The van der Waals surface area contributed by atoms with Crippen LogP contribution < -0.4 is 0 Å². The second-order valence-electron chi connectivity index (χ2n) is 5.26. The Morgan fingerprint density at radius 2 is 2.14 bits per heavy atom. The highest BCUT2D eigenvalue weighted by molar-refractivity contribution is 4.85. The van der Waals surface area contributed by atoms with Gasteiger partial charge in [-0.1, -0.05) is 45.3 Å². The molecule has 0 spiro atoms. The maximum atomic E-state index is 2.51. The number of allylic oxidation sites excluding steroid dienone is 2. The molecule has 0 nitrogen and oxygen atoms in total. The molecule has 2 unspecified atom stereocenters. The molecule has 0 N–H and O–H groups in total. The molecule has 1 rings (SSSR count). The van der Waals surface area contributed by atoms with E-state index < -0.39 is 0 Å². The molecule has 1 fully saturated rings. The van der Waals surface area contributed by atoms with Crippen molar-refractivity contribution in [3.63, 3.8) is 0 Å². The molecule has 82 valence electrons. The fraction of sp³-hybridized carbons (Fsp3) is 0.857. The van der Waals surface area contributed by atoms with Crippen molar-refractivity contribution in [2.75, 3.05) is 0 Å². The molecular formula is C14H26. The van der Waals surface area contributed by atoms with Crippen molar-refractivity contribution in [2.24, 2.45) is 11.3 Å². The maximum Gasteiger partial charge on any atom is -0.0300 e. The van der Waals surface area contributed by atoms with Gasteiger partial charge in [0.1, 0.15) is 0 Å². The van der Waals surface area contributed by atoms with Crippen molar-refractivity contribution in [3.05, 3.63) is 12.2 Å². The van der Waals surface area contributed by atoms with E-state index >= 15 is 0 Å². The minimum absolute atomic E-state index is 0.653. The van der Waals surface area contributed by atoms with E-state index in [2.05, 4.69) is 32.9 Å². The van der Waals surface area contributed by atoms with E-state index in [0.717, 1.165) is 5.92 Å². The summed E-state index contributed by atoms with van der Waals surface area (Å²) < 4.78 is 0. The molecule has 0 saturated heterocycles. The molecule has 1 aliphatic carbocycles. The van der Waals surface area contributed by atoms with Crippen molar-refractivity contribution < 1.29 is 0 Å². The summed E-state index contributed by atoms with van der Waals surface area (Å²) in [5.41, 5.74) is 0.653. The molecule has 0 aliphatic heterocycles. The van der Waals surface area contributed by atoms with Crippen LogP contribution in [-0.2, 0) is 0 Å². The first-order valence-corrected chi connectivity index (χ1v) is 6.30. The smallest absolute Gasteiger partial charge is 0.0300 e. The van der Waals surface area contributed by atoms with Crippen LogP contribution in [-0.4, -0.2) is 0 Å². The summed E-state index contributed by atoms with van der Waals surface area (Å²) in [5.74, 6) is 0.946. The summed E-state index contributed by atoms with van der Waals surface area (Å²) in [6, 6.07) is 0. The molecule has 0 heterocycles. The van der Waals surface area contributed by atoms with Gasteiger partial charge in [-0.05, 0) is 43.9 Å². The average molecular weight is 194 g/mol. The van der Waals surface area contributed by atoms with Crippen LogP contribution in [0.3, 0.4) is 0 Å². The summed E-state index contributed by atoms with van der Waals surface area (Å²) in [6.07, 6.45) is 14.4. The highest BCUT2D eigenvalue weighted by Crippen LogP contribution is 2.44. The van der Waals surface area contributed by atoms with Gasteiger partial charge in [0.25, 0.3) is 0 Å². The van der Waals surface area contributed by atoms with E-state index in [1.807, 2.05) is 0 Å². The number of unbranched alkanes of at least 4 members (excludes halogenated alkanes) is 1. The lowest BCUT2D eigenvalue weighted by Crippen LogP contribution is -2.28. The van der Waals surface area contributed by atoms with Gasteiger partial charge >= 0.3 is 0 Å². The zero-order chi connectivity index (χ0) is 10.4. The highest BCUT2D eigenvalue weighted by Gasteiger charge is 2.32. The van der Waals surface area contributed by atoms with Crippen LogP contribution in [0.25, 0.3) is 0 Å². The molecule has 14 heavy (non-hydrogen) atoms. The SMILES string of the molecule is C/C=C/CCCC1(C)CCCCC1C. The Morgan fingerprint density at radius 1 is 1.36 bits per heavy atom. The fourth-order valence-corrected chi connectivity index (χ4v) is 2.74. The number of hydrogen-bond donors (Lipinski definition) is 0. The summed E-state index contributed by atoms with van der Waals surface area (Å²) in [6.45, 7) is 7.08. The third-order valence-corrected chi connectivity index (χ3v) is 4.18. The predicted octanol–water partition coefficient (Wildman–Crippen LogP) is 4.95. The lowest BCUT2D eigenvalue weighted by Gasteiger charge is -2.40. The highest BCUT2D eigenvalue weighted by atomic mass is 14.4. The average Bonchev–Trinajstić information content (AvgIpc) is 2.18. The molecule has 0 aromatic carbocycles. The molecule has 1 saturated carbocycles. The first-order valence-electron chi connectivity index (χ1n) is 6.30. The molecule has 0 amide bonds. The van der Waals surface area contributed by atoms with Crippen LogP contribution in [0.4, 0.5) is 0 Å². The van der Waals surface area contributed by atoms with Crippen LogP contribution in [0.15, 0.2) is 12.2 Å². The maximum absolute atomic E-state index is 2.51. The first kappa shape index (κ1) is 11.8. The van der Waals surface area contributed by atoms with Crippen LogP contribution in [0.1, 0.15) is 65.7 Å². The molecule has 0 heteroatoms. The van der Waals surface area contributed by atoms with Crippen molar-refractivity contribution in [1.82, 2.24) is 0 Å². The monoisotopic (exact) mass is 194 g/mol. The van der Waals surface area contributed by atoms with Gasteiger partial charge in [0, 0.05) is 0 Å². The van der Waals surface area contributed by atoms with Crippen LogP contribution in [0.5, 0.6) is 0 Å². The third kappa shape index (κ3) is 3.15. The topological polar surface area (TPSA) is 0 Å². The van der Waals surface area contributed by atoms with Crippen LogP contribution in [0.2, 0.25) is 0 Å². The van der Waals surface area contributed by atoms with Gasteiger partial charge < -0.3 is 0 Å². The molecule has 0 radical (unpaired) electrons. The Balaban J connectivity index is 2.31. The molecule has 1 aliphatic rings. The van der Waals surface area contributed by atoms with Crippen LogP contribution in [0, 0.1) is 11.3 Å². The van der Waals surface area contributed by atoms with E-state index in [4.69, 9.17) is 0 Å². The van der Waals surface area contributed by atoms with E-state index in [1.165, 1.54) is 44.9 Å². The third-order valence-electron chi connectivity index (χ3n) is 4.18. The van der Waals surface area contributed by atoms with E-state index in [1.54, 1.807) is 0 Å². The molecule has 0 aromatic heterocycles. The Kier molecular flexibility index (Phi) is 4.71. The second-order valence-corrected chi connectivity index (χ2v) is 5.26. The Labute approximate surface area is 89.8 Å². The summed E-state index contributed by atoms with van der Waals surface area (Å²) >= 11 is 0. The molecule has 2 atom stereocenters. The van der Waals surface area contributed by atoms with Gasteiger partial charge in [-0.2, -0.15) is 0 Å². The number of rotatable bonds is 4. The van der Waals surface area contributed by atoms with Gasteiger partial charge in [0.2, 0.25) is 0 Å². The molecule has 0 bridgehead atoms. The molecular weight excluding hydrogens is 168 g/mol. The van der Waals surface area contributed by atoms with E-state index in [0.29, 0.717) is 5.41 Å². The zero-order valence-electron chi connectivity index (χ0n) is 10.2. The molecule has 0 aromatic rings. The Hall–Kier alpha value is -0.260. The summed E-state index contributed by atoms with van der Waals surface area (Å²) in [4.78, 5) is 0. The second kappa shape index (κ2) is 5.58. The van der Waals surface area contributed by atoms with Crippen LogP contribution >= 0.6 is 0 Å². The summed E-state index contributed by atoms with van der Waals surface area (Å²) in [5, 5.41) is 0. The van der Waals surface area contributed by atoms with Gasteiger partial charge in [0.15, 0.2) is 0 Å². The largest absolute Gasteiger partial charge is 0.0917 e. The lowest BCUT2D eigenvalue weighted by atomic mass is 9.66. The Bertz CT molecular complexity index is 180. The predicted molar refractivity (Wildman–Crippen MR) is 64.4 cm³/mol. The lowest BCUT2D eigenvalue weighted by molar-refractivity contribution is 0.115. The fourth-order valence-electron chi connectivity index (χ4n) is 2.74. The van der Waals surface area contributed by atoms with E-state index in [9.17, 15) is 0 Å². The number of hydrogen-bond acceptors (Lipinski definition) is 0. The van der Waals surface area contributed by atoms with Gasteiger partial charge in [-0.25, -0.2) is 0 Å². The minimum Gasteiger partial charge on any atom is -0.0917 e. The first-order chi connectivity index (χ1) is 6.69. The minimum atomic E-state index is 0.653.